The fourth-order valence-electron chi connectivity index (χ4n) is 1.95. The molecule has 0 saturated carbocycles. The third-order valence-corrected chi connectivity index (χ3v) is 3.02. The molecule has 1 unspecified atom stereocenters. The molecule has 0 aliphatic rings. The Morgan fingerprint density at radius 2 is 2.24 bits per heavy atom. The predicted molar refractivity (Wildman–Crippen MR) is 73.9 cm³/mol. The molecule has 0 bridgehead atoms. The van der Waals surface area contributed by atoms with E-state index < -0.39 is 11.0 Å². The lowest BCUT2D eigenvalue weighted by Crippen LogP contribution is -2.32. The van der Waals surface area contributed by atoms with Gasteiger partial charge in [-0.15, -0.1) is 0 Å². The van der Waals surface area contributed by atoms with Gasteiger partial charge < -0.3 is 15.2 Å². The van der Waals surface area contributed by atoms with E-state index in [1.807, 2.05) is 0 Å². The van der Waals surface area contributed by atoms with Crippen LogP contribution in [0.1, 0.15) is 17.8 Å². The second kappa shape index (κ2) is 7.70. The standard InChI is InChI=1S/C12H20N4O5/c1-8-12(16(19)20)9(2)15(14-8)7-10(17)6-13-5-4-11(18)21-3/h10,13,17H,4-7H2,1-3H3. The normalized spacial score (nSPS) is 12.2. The minimum Gasteiger partial charge on any atom is -0.469 e. The summed E-state index contributed by atoms with van der Waals surface area (Å²) >= 11 is 0. The Morgan fingerprint density at radius 3 is 2.76 bits per heavy atom. The molecular weight excluding hydrogens is 280 g/mol. The number of carbonyl (C=O) groups excluding carboxylic acids is 1. The Balaban J connectivity index is 2.48. The van der Waals surface area contributed by atoms with E-state index in [0.717, 1.165) is 0 Å². The van der Waals surface area contributed by atoms with Gasteiger partial charge in [-0.25, -0.2) is 0 Å². The number of hydrogen-bond acceptors (Lipinski definition) is 7. The van der Waals surface area contributed by atoms with Gasteiger partial charge in [0.2, 0.25) is 0 Å². The molecule has 21 heavy (non-hydrogen) atoms. The van der Waals surface area contributed by atoms with Gasteiger partial charge in [-0.2, -0.15) is 5.10 Å². The summed E-state index contributed by atoms with van der Waals surface area (Å²) in [5.74, 6) is -0.328. The van der Waals surface area contributed by atoms with E-state index in [-0.39, 0.29) is 31.2 Å². The van der Waals surface area contributed by atoms with Crippen LogP contribution < -0.4 is 5.32 Å². The third-order valence-electron chi connectivity index (χ3n) is 3.02. The number of nitro groups is 1. The lowest BCUT2D eigenvalue weighted by atomic mass is 10.3. The van der Waals surface area contributed by atoms with E-state index in [9.17, 15) is 20.0 Å². The first-order valence-corrected chi connectivity index (χ1v) is 6.50. The fraction of sp³-hybridized carbons (Fsp3) is 0.667. The van der Waals surface area contributed by atoms with Gasteiger partial charge in [-0.3, -0.25) is 19.6 Å². The van der Waals surface area contributed by atoms with Crippen molar-refractivity contribution in [2.75, 3.05) is 20.2 Å². The Morgan fingerprint density at radius 1 is 1.57 bits per heavy atom. The van der Waals surface area contributed by atoms with Crippen LogP contribution in [0.4, 0.5) is 5.69 Å². The van der Waals surface area contributed by atoms with E-state index >= 15 is 0 Å². The molecule has 0 aromatic carbocycles. The molecule has 0 aliphatic carbocycles. The van der Waals surface area contributed by atoms with Crippen LogP contribution in [0, 0.1) is 24.0 Å². The van der Waals surface area contributed by atoms with Gasteiger partial charge in [-0.1, -0.05) is 0 Å². The Labute approximate surface area is 122 Å². The maximum Gasteiger partial charge on any atom is 0.312 e. The van der Waals surface area contributed by atoms with Crippen LogP contribution in [0.3, 0.4) is 0 Å². The lowest BCUT2D eigenvalue weighted by Gasteiger charge is -2.12. The molecule has 0 fully saturated rings. The van der Waals surface area contributed by atoms with Crippen molar-refractivity contribution in [1.29, 1.82) is 0 Å². The van der Waals surface area contributed by atoms with Crippen molar-refractivity contribution in [3.63, 3.8) is 0 Å². The van der Waals surface area contributed by atoms with Crippen molar-refractivity contribution in [2.24, 2.45) is 0 Å². The van der Waals surface area contributed by atoms with Crippen molar-refractivity contribution in [3.05, 3.63) is 21.5 Å². The molecule has 1 atom stereocenters. The Hall–Kier alpha value is -2.00. The maximum absolute atomic E-state index is 10.9. The summed E-state index contributed by atoms with van der Waals surface area (Å²) in [6.45, 7) is 3.94. The van der Waals surface area contributed by atoms with Crippen molar-refractivity contribution in [1.82, 2.24) is 15.1 Å². The van der Waals surface area contributed by atoms with Crippen LogP contribution in [0.5, 0.6) is 0 Å². The number of methoxy groups -OCH3 is 1. The van der Waals surface area contributed by atoms with Gasteiger partial charge in [0.25, 0.3) is 0 Å². The molecule has 0 radical (unpaired) electrons. The number of carbonyl (C=O) groups is 1. The van der Waals surface area contributed by atoms with E-state index in [4.69, 9.17) is 0 Å². The smallest absolute Gasteiger partial charge is 0.312 e. The molecule has 2 N–H and O–H groups in total. The molecule has 0 saturated heterocycles. The molecule has 9 nitrogen and oxygen atoms in total. The Bertz CT molecular complexity index is 514. The molecule has 1 aromatic heterocycles. The number of aromatic nitrogens is 2. The van der Waals surface area contributed by atoms with Gasteiger partial charge in [0, 0.05) is 13.1 Å². The average Bonchev–Trinajstić information content (AvgIpc) is 2.69. The summed E-state index contributed by atoms with van der Waals surface area (Å²) in [6, 6.07) is 0. The molecule has 9 heteroatoms. The summed E-state index contributed by atoms with van der Waals surface area (Å²) in [5, 5.41) is 27.7. The zero-order chi connectivity index (χ0) is 16.0. The van der Waals surface area contributed by atoms with Crippen LogP contribution >= 0.6 is 0 Å². The topological polar surface area (TPSA) is 120 Å². The second-order valence-corrected chi connectivity index (χ2v) is 4.64. The fourth-order valence-corrected chi connectivity index (χ4v) is 1.95. The average molecular weight is 300 g/mol. The van der Waals surface area contributed by atoms with Gasteiger partial charge in [-0.05, 0) is 13.8 Å². The number of nitrogens with zero attached hydrogens (tertiary/aromatic N) is 3. The zero-order valence-electron chi connectivity index (χ0n) is 12.3. The van der Waals surface area contributed by atoms with Gasteiger partial charge >= 0.3 is 11.7 Å². The first-order valence-electron chi connectivity index (χ1n) is 6.50. The number of esters is 1. The first kappa shape index (κ1) is 17.1. The van der Waals surface area contributed by atoms with Crippen LogP contribution in [-0.4, -0.2) is 52.1 Å². The third kappa shape index (κ3) is 4.80. The van der Waals surface area contributed by atoms with Crippen LogP contribution in [-0.2, 0) is 16.1 Å². The number of aliphatic hydroxyl groups excluding tert-OH is 1. The summed E-state index contributed by atoms with van der Waals surface area (Å²) in [4.78, 5) is 21.3. The van der Waals surface area contributed by atoms with Crippen LogP contribution in [0.2, 0.25) is 0 Å². The second-order valence-electron chi connectivity index (χ2n) is 4.64. The van der Waals surface area contributed by atoms with Crippen LogP contribution in [0.15, 0.2) is 0 Å². The number of aliphatic hydroxyl groups is 1. The molecule has 1 heterocycles. The monoisotopic (exact) mass is 300 g/mol. The van der Waals surface area contributed by atoms with E-state index in [1.54, 1.807) is 13.8 Å². The van der Waals surface area contributed by atoms with Crippen molar-refractivity contribution < 1.29 is 19.6 Å². The van der Waals surface area contributed by atoms with Crippen molar-refractivity contribution >= 4 is 11.7 Å². The van der Waals surface area contributed by atoms with Crippen molar-refractivity contribution in [2.45, 2.75) is 32.9 Å². The van der Waals surface area contributed by atoms with E-state index in [0.29, 0.717) is 17.9 Å². The number of ether oxygens (including phenoxy) is 1. The largest absolute Gasteiger partial charge is 0.469 e. The summed E-state index contributed by atoms with van der Waals surface area (Å²) in [5.41, 5.74) is 0.704. The SMILES string of the molecule is COC(=O)CCNCC(O)Cn1nc(C)c([N+](=O)[O-])c1C. The van der Waals surface area contributed by atoms with Gasteiger partial charge in [0.05, 0.1) is 31.1 Å². The van der Waals surface area contributed by atoms with Gasteiger partial charge in [0.1, 0.15) is 11.4 Å². The summed E-state index contributed by atoms with van der Waals surface area (Å²) in [6.07, 6.45) is -0.547. The molecule has 0 aliphatic heterocycles. The summed E-state index contributed by atoms with van der Waals surface area (Å²) < 4.78 is 5.90. The van der Waals surface area contributed by atoms with Gasteiger partial charge in [0.15, 0.2) is 0 Å². The quantitative estimate of drug-likeness (QED) is 0.298. The number of rotatable bonds is 8. The highest BCUT2D eigenvalue weighted by Crippen LogP contribution is 2.21. The van der Waals surface area contributed by atoms with E-state index in [1.165, 1.54) is 11.8 Å². The molecule has 118 valence electrons. The highest BCUT2D eigenvalue weighted by atomic mass is 16.6. The first-order chi connectivity index (χ1) is 9.86. The molecular formula is C12H20N4O5. The molecule has 0 amide bonds. The minimum absolute atomic E-state index is 0.0270. The maximum atomic E-state index is 10.9. The van der Waals surface area contributed by atoms with Crippen LogP contribution in [0.25, 0.3) is 0 Å². The predicted octanol–water partition coefficient (Wildman–Crippen LogP) is -0.0783. The minimum atomic E-state index is -0.764. The highest BCUT2D eigenvalue weighted by Gasteiger charge is 2.22. The molecule has 0 spiro atoms. The Kier molecular flexibility index (Phi) is 6.25. The lowest BCUT2D eigenvalue weighted by molar-refractivity contribution is -0.386. The summed E-state index contributed by atoms with van der Waals surface area (Å²) in [7, 11) is 1.31. The molecule has 1 rings (SSSR count). The molecule has 1 aromatic rings. The van der Waals surface area contributed by atoms with Crippen molar-refractivity contribution in [3.8, 4) is 0 Å². The number of nitrogens with one attached hydrogen (secondary N) is 1. The number of aryl methyl sites for hydroxylation is 1. The highest BCUT2D eigenvalue weighted by molar-refractivity contribution is 5.69. The number of hydrogen-bond donors (Lipinski definition) is 2. The zero-order valence-corrected chi connectivity index (χ0v) is 12.3. The van der Waals surface area contributed by atoms with E-state index in [2.05, 4.69) is 15.2 Å².